The van der Waals surface area contributed by atoms with Gasteiger partial charge in [-0.3, -0.25) is 0 Å². The molecule has 0 unspecified atom stereocenters. The van der Waals surface area contributed by atoms with Gasteiger partial charge in [0.25, 0.3) is 0 Å². The molecule has 6 atom stereocenters. The summed E-state index contributed by atoms with van der Waals surface area (Å²) in [6.07, 6.45) is 5.96. The topological polar surface area (TPSA) is 0 Å². The van der Waals surface area contributed by atoms with Gasteiger partial charge in [-0.25, -0.2) is 0 Å². The van der Waals surface area contributed by atoms with Crippen molar-refractivity contribution in [2.24, 2.45) is 46.3 Å². The Morgan fingerprint density at radius 1 is 0.636 bits per heavy atom. The first-order chi connectivity index (χ1) is 10.2. The highest BCUT2D eigenvalue weighted by Gasteiger charge is 2.61. The summed E-state index contributed by atoms with van der Waals surface area (Å²) in [4.78, 5) is 0. The van der Waals surface area contributed by atoms with Crippen molar-refractivity contribution in [3.8, 4) is 0 Å². The molecule has 3 saturated carbocycles. The van der Waals surface area contributed by atoms with Gasteiger partial charge in [-0.2, -0.15) is 0 Å². The van der Waals surface area contributed by atoms with Gasteiger partial charge in [0.05, 0.1) is 0 Å². The zero-order chi connectivity index (χ0) is 15.6. The van der Waals surface area contributed by atoms with Crippen LogP contribution in [0.15, 0.2) is 22.3 Å². The molecule has 0 heteroatoms. The maximum absolute atomic E-state index is 2.54. The van der Waals surface area contributed by atoms with Gasteiger partial charge in [-0.05, 0) is 97.0 Å². The Kier molecular flexibility index (Phi) is 2.37. The first-order valence-electron chi connectivity index (χ1n) is 9.66. The van der Waals surface area contributed by atoms with Crippen LogP contribution in [0.3, 0.4) is 0 Å². The van der Waals surface area contributed by atoms with Gasteiger partial charge in [0.15, 0.2) is 0 Å². The Morgan fingerprint density at radius 2 is 1.00 bits per heavy atom. The van der Waals surface area contributed by atoms with Crippen LogP contribution in [0.4, 0.5) is 0 Å². The van der Waals surface area contributed by atoms with Crippen molar-refractivity contribution in [3.63, 3.8) is 0 Å². The molecule has 0 aromatic heterocycles. The number of allylic oxidation sites excluding steroid dienone is 4. The lowest BCUT2D eigenvalue weighted by Gasteiger charge is -2.53. The Labute approximate surface area is 136 Å². The fraction of sp³-hybridized carbons (Fsp3) is 0.818. The monoisotopic (exact) mass is 296 g/mol. The van der Waals surface area contributed by atoms with E-state index in [0.29, 0.717) is 10.8 Å². The third-order valence-electron chi connectivity index (χ3n) is 9.43. The van der Waals surface area contributed by atoms with E-state index in [-0.39, 0.29) is 0 Å². The third kappa shape index (κ3) is 1.30. The maximum Gasteiger partial charge on any atom is -0.00877 e. The zero-order valence-electron chi connectivity index (χ0n) is 15.3. The van der Waals surface area contributed by atoms with E-state index in [0.717, 1.165) is 35.5 Å². The van der Waals surface area contributed by atoms with Crippen LogP contribution in [0.1, 0.15) is 67.2 Å². The fourth-order valence-corrected chi connectivity index (χ4v) is 7.57. The molecule has 0 spiro atoms. The van der Waals surface area contributed by atoms with Crippen molar-refractivity contribution in [3.05, 3.63) is 22.3 Å². The minimum absolute atomic E-state index is 0.574. The van der Waals surface area contributed by atoms with E-state index in [2.05, 4.69) is 41.5 Å². The molecule has 22 heavy (non-hydrogen) atoms. The van der Waals surface area contributed by atoms with E-state index in [1.807, 2.05) is 11.1 Å². The second kappa shape index (κ2) is 3.76. The van der Waals surface area contributed by atoms with E-state index in [9.17, 15) is 0 Å². The average molecular weight is 296 g/mol. The highest BCUT2D eigenvalue weighted by Crippen LogP contribution is 2.71. The van der Waals surface area contributed by atoms with Crippen LogP contribution in [-0.2, 0) is 0 Å². The van der Waals surface area contributed by atoms with Gasteiger partial charge in [0.2, 0.25) is 0 Å². The second-order valence-corrected chi connectivity index (χ2v) is 10.5. The normalized spacial score (nSPS) is 49.9. The summed E-state index contributed by atoms with van der Waals surface area (Å²) in [6, 6.07) is 0. The molecule has 7 rings (SSSR count). The Hall–Kier alpha value is -0.520. The lowest BCUT2D eigenvalue weighted by molar-refractivity contribution is -0.0167. The van der Waals surface area contributed by atoms with Gasteiger partial charge in [-0.1, -0.05) is 38.8 Å². The highest BCUT2D eigenvalue weighted by atomic mass is 14.7. The van der Waals surface area contributed by atoms with Crippen LogP contribution in [0.2, 0.25) is 0 Å². The Balaban J connectivity index is 1.64. The Morgan fingerprint density at radius 3 is 1.32 bits per heavy atom. The number of hydrogen-bond acceptors (Lipinski definition) is 0. The first-order valence-corrected chi connectivity index (χ1v) is 9.66. The van der Waals surface area contributed by atoms with Crippen molar-refractivity contribution in [2.75, 3.05) is 0 Å². The van der Waals surface area contributed by atoms with Gasteiger partial charge in [0.1, 0.15) is 0 Å². The molecule has 0 nitrogen and oxygen atoms in total. The van der Waals surface area contributed by atoms with Gasteiger partial charge >= 0.3 is 0 Å². The summed E-state index contributed by atoms with van der Waals surface area (Å²) in [7, 11) is 0. The quantitative estimate of drug-likeness (QED) is 0.514. The summed E-state index contributed by atoms with van der Waals surface area (Å²) in [5.41, 5.74) is 8.47. The maximum atomic E-state index is 2.54. The molecular formula is C22H32. The van der Waals surface area contributed by atoms with Crippen molar-refractivity contribution >= 4 is 0 Å². The third-order valence-corrected chi connectivity index (χ3v) is 9.43. The largest absolute Gasteiger partial charge is 0.0659 e. The molecule has 0 heterocycles. The predicted molar refractivity (Wildman–Crippen MR) is 92.4 cm³/mol. The van der Waals surface area contributed by atoms with Crippen molar-refractivity contribution in [1.29, 1.82) is 0 Å². The molecule has 0 aromatic carbocycles. The van der Waals surface area contributed by atoms with Crippen LogP contribution >= 0.6 is 0 Å². The summed E-state index contributed by atoms with van der Waals surface area (Å²) in [5, 5.41) is 0. The van der Waals surface area contributed by atoms with Gasteiger partial charge < -0.3 is 0 Å². The molecule has 0 saturated heterocycles. The minimum atomic E-state index is 0.574. The molecule has 0 aliphatic heterocycles. The van der Waals surface area contributed by atoms with Crippen LogP contribution in [0, 0.1) is 46.3 Å². The zero-order valence-corrected chi connectivity index (χ0v) is 15.3. The molecule has 0 radical (unpaired) electrons. The lowest BCUT2D eigenvalue weighted by Crippen LogP contribution is -2.45. The predicted octanol–water partition coefficient (Wildman–Crippen LogP) is 6.00. The summed E-state index contributed by atoms with van der Waals surface area (Å²) in [6.45, 7) is 15.1. The van der Waals surface area contributed by atoms with E-state index < -0.39 is 0 Å². The molecule has 7 aliphatic rings. The van der Waals surface area contributed by atoms with E-state index in [1.54, 1.807) is 11.1 Å². The van der Waals surface area contributed by atoms with Gasteiger partial charge in [0, 0.05) is 0 Å². The summed E-state index contributed by atoms with van der Waals surface area (Å²) >= 11 is 0. The van der Waals surface area contributed by atoms with E-state index in [4.69, 9.17) is 0 Å². The smallest absolute Gasteiger partial charge is 0.00877 e. The molecule has 7 aliphatic carbocycles. The van der Waals surface area contributed by atoms with Crippen molar-refractivity contribution in [2.45, 2.75) is 67.2 Å². The molecule has 0 N–H and O–H groups in total. The van der Waals surface area contributed by atoms with Gasteiger partial charge in [-0.15, -0.1) is 0 Å². The molecule has 4 bridgehead atoms. The number of rotatable bonds is 0. The summed E-state index contributed by atoms with van der Waals surface area (Å²) in [5.74, 6) is 5.59. The van der Waals surface area contributed by atoms with Crippen molar-refractivity contribution < 1.29 is 0 Å². The van der Waals surface area contributed by atoms with Crippen LogP contribution in [0.25, 0.3) is 0 Å². The standard InChI is InChI=1S/C22H32/c1-11-17-9-13(21(17,3)4)7-15-16-8-14-10-18(22(14,5)6)12(2)20(16)19(11)15/h13-18H,7-10H2,1-6H3/t13-,14-,15+,16+,17-,18-/m0/s1. The minimum Gasteiger partial charge on any atom is -0.0659 e. The van der Waals surface area contributed by atoms with E-state index in [1.165, 1.54) is 25.7 Å². The highest BCUT2D eigenvalue weighted by molar-refractivity contribution is 5.55. The average Bonchev–Trinajstić information content (AvgIpc) is 2.68. The molecule has 3 fully saturated rings. The summed E-state index contributed by atoms with van der Waals surface area (Å²) < 4.78 is 0. The van der Waals surface area contributed by atoms with Crippen molar-refractivity contribution in [1.82, 2.24) is 0 Å². The van der Waals surface area contributed by atoms with Crippen LogP contribution in [0.5, 0.6) is 0 Å². The first kappa shape index (κ1) is 13.9. The SMILES string of the molecule is CC1=C2C3=C(C)[C@@H]4C[C@H](C[C@@H]3[C@H]2C[C@H]2C[C@@H]1C2(C)C)C4(C)C. The lowest BCUT2D eigenvalue weighted by atomic mass is 9.52. The second-order valence-electron chi connectivity index (χ2n) is 10.5. The fourth-order valence-electron chi connectivity index (χ4n) is 7.57. The number of hydrogen-bond donors (Lipinski definition) is 0. The Bertz CT molecular complexity index is 570. The van der Waals surface area contributed by atoms with Crippen LogP contribution in [-0.4, -0.2) is 0 Å². The molecule has 0 amide bonds. The van der Waals surface area contributed by atoms with Crippen LogP contribution < -0.4 is 0 Å². The molecular weight excluding hydrogens is 264 g/mol. The van der Waals surface area contributed by atoms with E-state index >= 15 is 0 Å². The molecule has 0 aromatic rings. The molecule has 120 valence electrons.